The predicted octanol–water partition coefficient (Wildman–Crippen LogP) is 3.00. The molecule has 174 valence electrons. The summed E-state index contributed by atoms with van der Waals surface area (Å²) < 4.78 is 38.3. The Morgan fingerprint density at radius 3 is 2.44 bits per heavy atom. The van der Waals surface area contributed by atoms with E-state index >= 15 is 0 Å². The molecule has 0 aliphatic rings. The molecule has 0 unspecified atom stereocenters. The summed E-state index contributed by atoms with van der Waals surface area (Å²) in [4.78, 5) is 8.32. The van der Waals surface area contributed by atoms with Crippen molar-refractivity contribution in [3.63, 3.8) is 0 Å². The second-order valence-corrected chi connectivity index (χ2v) is 10.1. The van der Waals surface area contributed by atoms with Crippen LogP contribution in [0.25, 0.3) is 11.5 Å². The van der Waals surface area contributed by atoms with E-state index in [1.807, 2.05) is 20.8 Å². The molecule has 0 fully saturated rings. The first-order valence-electron chi connectivity index (χ1n) is 10.2. The molecular weight excluding hydrogens is 456 g/mol. The summed E-state index contributed by atoms with van der Waals surface area (Å²) >= 11 is 5.88. The Morgan fingerprint density at radius 2 is 1.88 bits per heavy atom. The van der Waals surface area contributed by atoms with Crippen molar-refractivity contribution in [3.8, 4) is 11.5 Å². The van der Waals surface area contributed by atoms with Crippen LogP contribution in [0.2, 0.25) is 5.02 Å². The maximum Gasteiger partial charge on any atom is 0.240 e. The third-order valence-corrected chi connectivity index (χ3v) is 6.59. The summed E-state index contributed by atoms with van der Waals surface area (Å²) in [6.07, 6.45) is 4.42. The number of aryl methyl sites for hydroxylation is 1. The third kappa shape index (κ3) is 5.25. The molecule has 3 rings (SSSR count). The van der Waals surface area contributed by atoms with E-state index in [0.29, 0.717) is 29.6 Å². The van der Waals surface area contributed by atoms with Gasteiger partial charge in [-0.15, -0.1) is 10.2 Å². The molecule has 0 aliphatic heterocycles. The lowest BCUT2D eigenvalue weighted by Crippen LogP contribution is -2.34. The Labute approximate surface area is 192 Å². The van der Waals surface area contributed by atoms with Gasteiger partial charge in [-0.3, -0.25) is 14.0 Å². The van der Waals surface area contributed by atoms with Crippen LogP contribution in [0.5, 0.6) is 0 Å². The molecule has 32 heavy (non-hydrogen) atoms. The molecule has 0 spiro atoms. The molecule has 13 heteroatoms. The Morgan fingerprint density at radius 1 is 1.19 bits per heavy atom. The summed E-state index contributed by atoms with van der Waals surface area (Å²) in [6.45, 7) is 7.64. The number of halogens is 1. The van der Waals surface area contributed by atoms with Crippen LogP contribution in [-0.2, 0) is 21.8 Å². The minimum absolute atomic E-state index is 0.0961. The van der Waals surface area contributed by atoms with Crippen LogP contribution in [-0.4, -0.2) is 54.8 Å². The number of rotatable bonds is 10. The van der Waals surface area contributed by atoms with Gasteiger partial charge in [-0.25, -0.2) is 18.4 Å². The molecule has 0 radical (unpaired) electrons. The monoisotopic (exact) mass is 482 g/mol. The Hall–Kier alpha value is -2.57. The van der Waals surface area contributed by atoms with Crippen LogP contribution in [0.3, 0.4) is 0 Å². The van der Waals surface area contributed by atoms with Crippen molar-refractivity contribution in [2.75, 3.05) is 11.3 Å². The molecule has 0 saturated heterocycles. The van der Waals surface area contributed by atoms with Gasteiger partial charge in [-0.05, 0) is 33.3 Å². The molecule has 2 atom stereocenters. The average molecular weight is 483 g/mol. The highest BCUT2D eigenvalue weighted by Crippen LogP contribution is 2.28. The summed E-state index contributed by atoms with van der Waals surface area (Å²) in [5, 5.41) is 11.9. The van der Waals surface area contributed by atoms with Gasteiger partial charge in [0.2, 0.25) is 16.0 Å². The van der Waals surface area contributed by atoms with Crippen LogP contribution in [0.4, 0.5) is 5.95 Å². The number of hydrogen-bond acceptors (Lipinski definition) is 8. The second kappa shape index (κ2) is 9.92. The van der Waals surface area contributed by atoms with Crippen molar-refractivity contribution in [3.05, 3.63) is 35.5 Å². The van der Waals surface area contributed by atoms with Crippen molar-refractivity contribution in [1.82, 2.24) is 34.5 Å². The van der Waals surface area contributed by atoms with Crippen LogP contribution in [0, 0.1) is 0 Å². The van der Waals surface area contributed by atoms with Crippen molar-refractivity contribution in [1.29, 1.82) is 0 Å². The lowest BCUT2D eigenvalue weighted by Gasteiger charge is -2.24. The van der Waals surface area contributed by atoms with E-state index in [9.17, 15) is 8.42 Å². The van der Waals surface area contributed by atoms with E-state index in [1.54, 1.807) is 28.6 Å². The number of hydrogen-bond donors (Lipinski definition) is 1. The summed E-state index contributed by atoms with van der Waals surface area (Å²) in [5.41, 5.74) is 0.589. The lowest BCUT2D eigenvalue weighted by molar-refractivity contribution is 0.0466. The number of nitrogens with one attached hydrogen (secondary N) is 1. The minimum atomic E-state index is -3.96. The average Bonchev–Trinajstić information content (AvgIpc) is 3.35. The summed E-state index contributed by atoms with van der Waals surface area (Å²) in [7, 11) is -2.17. The molecule has 3 heterocycles. The van der Waals surface area contributed by atoms with E-state index in [-0.39, 0.29) is 17.8 Å². The highest BCUT2D eigenvalue weighted by molar-refractivity contribution is 7.93. The Kier molecular flexibility index (Phi) is 7.47. The van der Waals surface area contributed by atoms with Crippen LogP contribution in [0.1, 0.15) is 52.1 Å². The molecule has 0 bridgehead atoms. The topological polar surface area (TPSA) is 130 Å². The SMILES string of the molecule is CCCO[C@@H](c1ncc(Cl)cn1)[C@H](C)S(=O)(=O)Nc1nnc(-c2ccn(C)n2)n1C(C)C. The number of sulfonamides is 1. The molecule has 0 saturated carbocycles. The van der Waals surface area contributed by atoms with Crippen LogP contribution < -0.4 is 4.72 Å². The quantitative estimate of drug-likeness (QED) is 0.466. The lowest BCUT2D eigenvalue weighted by atomic mass is 10.2. The molecule has 0 amide bonds. The van der Waals surface area contributed by atoms with E-state index in [2.05, 4.69) is 30.0 Å². The first-order chi connectivity index (χ1) is 15.1. The number of nitrogens with zero attached hydrogens (tertiary/aromatic N) is 7. The van der Waals surface area contributed by atoms with Crippen molar-refractivity contribution >= 4 is 27.6 Å². The van der Waals surface area contributed by atoms with Crippen molar-refractivity contribution in [2.45, 2.75) is 51.5 Å². The fourth-order valence-electron chi connectivity index (χ4n) is 3.08. The van der Waals surface area contributed by atoms with Gasteiger partial charge in [0.25, 0.3) is 0 Å². The molecular formula is C19H27ClN8O3S. The van der Waals surface area contributed by atoms with Gasteiger partial charge in [-0.2, -0.15) is 5.10 Å². The summed E-state index contributed by atoms with van der Waals surface area (Å²) in [6, 6.07) is 1.66. The van der Waals surface area contributed by atoms with Gasteiger partial charge in [0, 0.05) is 38.3 Å². The fraction of sp³-hybridized carbons (Fsp3) is 0.526. The first-order valence-corrected chi connectivity index (χ1v) is 12.1. The smallest absolute Gasteiger partial charge is 0.240 e. The van der Waals surface area contributed by atoms with Gasteiger partial charge < -0.3 is 4.74 Å². The zero-order chi connectivity index (χ0) is 23.5. The zero-order valence-electron chi connectivity index (χ0n) is 18.6. The van der Waals surface area contributed by atoms with Crippen LogP contribution >= 0.6 is 11.6 Å². The van der Waals surface area contributed by atoms with Crippen LogP contribution in [0.15, 0.2) is 24.7 Å². The number of ether oxygens (including phenoxy) is 1. The highest BCUT2D eigenvalue weighted by Gasteiger charge is 2.35. The molecule has 3 aromatic rings. The van der Waals surface area contributed by atoms with E-state index in [1.165, 1.54) is 19.3 Å². The maximum absolute atomic E-state index is 13.3. The van der Waals surface area contributed by atoms with Gasteiger partial charge in [0.1, 0.15) is 17.0 Å². The molecule has 0 aliphatic carbocycles. The molecule has 0 aromatic carbocycles. The van der Waals surface area contributed by atoms with E-state index < -0.39 is 21.4 Å². The van der Waals surface area contributed by atoms with E-state index in [4.69, 9.17) is 16.3 Å². The highest BCUT2D eigenvalue weighted by atomic mass is 35.5. The largest absolute Gasteiger partial charge is 0.369 e. The Balaban J connectivity index is 1.93. The number of anilines is 1. The maximum atomic E-state index is 13.3. The standard InChI is InChI=1S/C19H27ClN8O3S/c1-6-9-31-16(17-21-10-14(20)11-22-17)13(4)32(29,30)26-19-24-23-18(28(19)12(2)3)15-7-8-27(5)25-15/h7-8,10-13,16H,6,9H2,1-5H3,(H,24,26)/t13-,16+/m0/s1. The van der Waals surface area contributed by atoms with Crippen molar-refractivity contribution in [2.24, 2.45) is 7.05 Å². The molecule has 3 aromatic heterocycles. The van der Waals surface area contributed by atoms with Crippen molar-refractivity contribution < 1.29 is 13.2 Å². The van der Waals surface area contributed by atoms with Gasteiger partial charge in [-0.1, -0.05) is 18.5 Å². The summed E-state index contributed by atoms with van der Waals surface area (Å²) in [5.74, 6) is 0.796. The first kappa shape index (κ1) is 24.1. The van der Waals surface area contributed by atoms with E-state index in [0.717, 1.165) is 0 Å². The zero-order valence-corrected chi connectivity index (χ0v) is 20.2. The number of aromatic nitrogens is 7. The van der Waals surface area contributed by atoms with Gasteiger partial charge in [0.05, 0.1) is 5.02 Å². The minimum Gasteiger partial charge on any atom is -0.369 e. The third-order valence-electron chi connectivity index (χ3n) is 4.70. The Bertz CT molecular complexity index is 1140. The molecule has 11 nitrogen and oxygen atoms in total. The molecule has 1 N–H and O–H groups in total. The normalized spacial score (nSPS) is 14.0. The second-order valence-electron chi connectivity index (χ2n) is 7.59. The predicted molar refractivity (Wildman–Crippen MR) is 121 cm³/mol. The van der Waals surface area contributed by atoms with Gasteiger partial charge in [0.15, 0.2) is 11.6 Å². The van der Waals surface area contributed by atoms with Gasteiger partial charge >= 0.3 is 0 Å². The fourth-order valence-corrected chi connectivity index (χ4v) is 4.28.